The van der Waals surface area contributed by atoms with E-state index in [0.717, 1.165) is 0 Å². The number of nitrogens with two attached hydrogens (primary N) is 1. The van der Waals surface area contributed by atoms with Crippen LogP contribution in [0.2, 0.25) is 5.02 Å². The van der Waals surface area contributed by atoms with Gasteiger partial charge in [-0.3, -0.25) is 4.79 Å². The van der Waals surface area contributed by atoms with Crippen LogP contribution in [-0.2, 0) is 0 Å². The van der Waals surface area contributed by atoms with Crippen LogP contribution in [0.3, 0.4) is 0 Å². The number of Topliss-reactive ketones (excluding diaryl/α,β-unsaturated/α-hetero) is 1. The van der Waals surface area contributed by atoms with E-state index < -0.39 is 0 Å². The summed E-state index contributed by atoms with van der Waals surface area (Å²) in [4.78, 5) is 11.3. The highest BCUT2D eigenvalue weighted by Crippen LogP contribution is 2.22. The van der Waals surface area contributed by atoms with Gasteiger partial charge in [0.2, 0.25) is 0 Å². The van der Waals surface area contributed by atoms with E-state index in [1.165, 1.54) is 12.1 Å². The second-order valence-electron chi connectivity index (χ2n) is 2.62. The lowest BCUT2D eigenvalue weighted by molar-refractivity contribution is 0.0983. The van der Waals surface area contributed by atoms with Gasteiger partial charge < -0.3 is 10.8 Å². The molecule has 0 aliphatic carbocycles. The van der Waals surface area contributed by atoms with Crippen LogP contribution in [0.5, 0.6) is 5.75 Å². The summed E-state index contributed by atoms with van der Waals surface area (Å²) in [6.07, 6.45) is 0.231. The molecule has 0 amide bonds. The molecular formula is C9H10ClNO2. The van der Waals surface area contributed by atoms with E-state index in [0.29, 0.717) is 5.02 Å². The van der Waals surface area contributed by atoms with Gasteiger partial charge in [0.1, 0.15) is 5.75 Å². The van der Waals surface area contributed by atoms with E-state index in [9.17, 15) is 9.90 Å². The molecule has 0 aromatic heterocycles. The molecule has 1 rings (SSSR count). The fourth-order valence-electron chi connectivity index (χ4n) is 1.01. The Bertz CT molecular complexity index is 325. The number of carbonyl (C=O) groups is 1. The summed E-state index contributed by atoms with van der Waals surface area (Å²) >= 11 is 5.60. The number of phenols is 1. The highest BCUT2D eigenvalue weighted by Gasteiger charge is 2.09. The van der Waals surface area contributed by atoms with E-state index in [2.05, 4.69) is 0 Å². The molecule has 0 atom stereocenters. The number of hydrogen-bond donors (Lipinski definition) is 2. The number of rotatable bonds is 3. The van der Waals surface area contributed by atoms with Gasteiger partial charge in [0.05, 0.1) is 5.56 Å². The van der Waals surface area contributed by atoms with Gasteiger partial charge >= 0.3 is 0 Å². The van der Waals surface area contributed by atoms with Crippen molar-refractivity contribution in [2.45, 2.75) is 6.42 Å². The van der Waals surface area contributed by atoms with Crippen LogP contribution < -0.4 is 5.73 Å². The number of halogens is 1. The van der Waals surface area contributed by atoms with Crippen molar-refractivity contribution in [1.29, 1.82) is 0 Å². The van der Waals surface area contributed by atoms with Crippen molar-refractivity contribution in [1.82, 2.24) is 0 Å². The average molecular weight is 200 g/mol. The fourth-order valence-corrected chi connectivity index (χ4v) is 1.17. The lowest BCUT2D eigenvalue weighted by Gasteiger charge is -2.02. The lowest BCUT2D eigenvalue weighted by Crippen LogP contribution is -2.08. The smallest absolute Gasteiger partial charge is 0.167 e. The van der Waals surface area contributed by atoms with Crippen molar-refractivity contribution in [3.8, 4) is 5.75 Å². The quantitative estimate of drug-likeness (QED) is 0.727. The van der Waals surface area contributed by atoms with Gasteiger partial charge in [0.15, 0.2) is 5.78 Å². The van der Waals surface area contributed by atoms with E-state index in [-0.39, 0.29) is 30.1 Å². The van der Waals surface area contributed by atoms with Crippen molar-refractivity contribution < 1.29 is 9.90 Å². The molecule has 3 nitrogen and oxygen atoms in total. The standard InChI is InChI=1S/C9H10ClNO2/c10-6-1-2-7(9(13)5-6)8(12)3-4-11/h1-2,5,13H,3-4,11H2. The van der Waals surface area contributed by atoms with Crippen molar-refractivity contribution in [2.24, 2.45) is 5.73 Å². The number of phenolic OH excluding ortho intramolecular Hbond substituents is 1. The SMILES string of the molecule is NCCC(=O)c1ccc(Cl)cc1O. The molecule has 4 heteroatoms. The van der Waals surface area contributed by atoms with Crippen molar-refractivity contribution in [2.75, 3.05) is 6.54 Å². The summed E-state index contributed by atoms with van der Waals surface area (Å²) in [5.41, 5.74) is 5.49. The molecule has 0 fully saturated rings. The molecule has 0 saturated carbocycles. The van der Waals surface area contributed by atoms with E-state index >= 15 is 0 Å². The minimum absolute atomic E-state index is 0.0917. The molecule has 1 aromatic carbocycles. The Morgan fingerprint density at radius 2 is 2.23 bits per heavy atom. The molecule has 0 saturated heterocycles. The second-order valence-corrected chi connectivity index (χ2v) is 3.06. The van der Waals surface area contributed by atoms with Crippen molar-refractivity contribution in [3.05, 3.63) is 28.8 Å². The lowest BCUT2D eigenvalue weighted by atomic mass is 10.1. The molecule has 0 bridgehead atoms. The van der Waals surface area contributed by atoms with Gasteiger partial charge in [-0.15, -0.1) is 0 Å². The first-order chi connectivity index (χ1) is 6.15. The number of ketones is 1. The molecule has 70 valence electrons. The minimum Gasteiger partial charge on any atom is -0.507 e. The predicted octanol–water partition coefficient (Wildman–Crippen LogP) is 1.58. The average Bonchev–Trinajstić information content (AvgIpc) is 2.04. The molecular weight excluding hydrogens is 190 g/mol. The van der Waals surface area contributed by atoms with Gasteiger partial charge in [-0.25, -0.2) is 0 Å². The summed E-state index contributed by atoms with van der Waals surface area (Å²) in [6.45, 7) is 0.279. The summed E-state index contributed by atoms with van der Waals surface area (Å²) in [7, 11) is 0. The zero-order chi connectivity index (χ0) is 9.84. The molecule has 0 aliphatic rings. The first-order valence-corrected chi connectivity index (χ1v) is 4.24. The van der Waals surface area contributed by atoms with E-state index in [4.69, 9.17) is 17.3 Å². The Morgan fingerprint density at radius 3 is 2.77 bits per heavy atom. The van der Waals surface area contributed by atoms with Gasteiger partial charge in [-0.2, -0.15) is 0 Å². The van der Waals surface area contributed by atoms with Crippen molar-refractivity contribution >= 4 is 17.4 Å². The van der Waals surface area contributed by atoms with Gasteiger partial charge in [-0.1, -0.05) is 11.6 Å². The molecule has 0 unspecified atom stereocenters. The maximum absolute atomic E-state index is 11.3. The largest absolute Gasteiger partial charge is 0.507 e. The zero-order valence-corrected chi connectivity index (χ0v) is 7.71. The Labute approximate surface area is 81.1 Å². The van der Waals surface area contributed by atoms with Crippen molar-refractivity contribution in [3.63, 3.8) is 0 Å². The molecule has 0 heterocycles. The maximum atomic E-state index is 11.3. The van der Waals surface area contributed by atoms with Crippen LogP contribution in [-0.4, -0.2) is 17.4 Å². The van der Waals surface area contributed by atoms with Crippen LogP contribution in [0.4, 0.5) is 0 Å². The minimum atomic E-state index is -0.170. The number of hydrogen-bond acceptors (Lipinski definition) is 3. The van der Waals surface area contributed by atoms with Crippen LogP contribution in [0.25, 0.3) is 0 Å². The number of aromatic hydroxyl groups is 1. The van der Waals surface area contributed by atoms with E-state index in [1.54, 1.807) is 6.07 Å². The predicted molar refractivity (Wildman–Crippen MR) is 51.1 cm³/mol. The van der Waals surface area contributed by atoms with Gasteiger partial charge in [0.25, 0.3) is 0 Å². The summed E-state index contributed by atoms with van der Waals surface area (Å²) in [5, 5.41) is 9.75. The van der Waals surface area contributed by atoms with Crippen LogP contribution >= 0.6 is 11.6 Å². The third kappa shape index (κ3) is 2.44. The fraction of sp³-hybridized carbons (Fsp3) is 0.222. The summed E-state index contributed by atoms with van der Waals surface area (Å²) < 4.78 is 0. The first-order valence-electron chi connectivity index (χ1n) is 3.87. The summed E-state index contributed by atoms with van der Waals surface area (Å²) in [6, 6.07) is 4.39. The molecule has 1 aromatic rings. The molecule has 3 N–H and O–H groups in total. The Kier molecular flexibility index (Phi) is 3.28. The monoisotopic (exact) mass is 199 g/mol. The highest BCUT2D eigenvalue weighted by atomic mass is 35.5. The van der Waals surface area contributed by atoms with Crippen LogP contribution in [0.1, 0.15) is 16.8 Å². The topological polar surface area (TPSA) is 63.3 Å². The Morgan fingerprint density at radius 1 is 1.54 bits per heavy atom. The summed E-state index contributed by atoms with van der Waals surface area (Å²) in [5.74, 6) is -0.261. The Balaban J connectivity index is 2.95. The van der Waals surface area contributed by atoms with E-state index in [1.807, 2.05) is 0 Å². The molecule has 0 spiro atoms. The molecule has 0 aliphatic heterocycles. The second kappa shape index (κ2) is 4.25. The highest BCUT2D eigenvalue weighted by molar-refractivity contribution is 6.30. The number of carbonyl (C=O) groups excluding carboxylic acids is 1. The van der Waals surface area contributed by atoms with Gasteiger partial charge in [0, 0.05) is 11.4 Å². The molecule has 13 heavy (non-hydrogen) atoms. The third-order valence-corrected chi connectivity index (χ3v) is 1.87. The zero-order valence-electron chi connectivity index (χ0n) is 6.96. The van der Waals surface area contributed by atoms with Crippen LogP contribution in [0, 0.1) is 0 Å². The first kappa shape index (κ1) is 10.0. The normalized spacial score (nSPS) is 10.0. The van der Waals surface area contributed by atoms with Crippen LogP contribution in [0.15, 0.2) is 18.2 Å². The Hall–Kier alpha value is -1.06. The molecule has 0 radical (unpaired) electrons. The number of benzene rings is 1. The maximum Gasteiger partial charge on any atom is 0.167 e. The van der Waals surface area contributed by atoms with Gasteiger partial charge in [-0.05, 0) is 24.7 Å². The third-order valence-electron chi connectivity index (χ3n) is 1.63.